The molecule has 0 aliphatic carbocycles. The predicted octanol–water partition coefficient (Wildman–Crippen LogP) is 3.58. The molecule has 3 nitrogen and oxygen atoms in total. The molecule has 0 saturated heterocycles. The second-order valence-corrected chi connectivity index (χ2v) is 4.96. The molecule has 0 saturated carbocycles. The molecular weight excluding hydrogens is 256 g/mol. The Balaban J connectivity index is 2.02. The van der Waals surface area contributed by atoms with E-state index < -0.39 is 0 Å². The van der Waals surface area contributed by atoms with Gasteiger partial charge >= 0.3 is 0 Å². The first-order valence-corrected chi connectivity index (χ1v) is 6.78. The van der Waals surface area contributed by atoms with Gasteiger partial charge in [0.1, 0.15) is 0 Å². The maximum atomic E-state index is 11.8. The zero-order chi connectivity index (χ0) is 13.7. The number of carbonyl (C=O) groups is 1. The van der Waals surface area contributed by atoms with Crippen molar-refractivity contribution in [2.24, 2.45) is 0 Å². The number of aromatic nitrogens is 2. The molecule has 0 bridgehead atoms. The SMILES string of the molecule is Cc1cc(C)nc(SC=CC(=O)c2ccccc2)n1. The van der Waals surface area contributed by atoms with Crippen molar-refractivity contribution >= 4 is 17.5 Å². The fourth-order valence-corrected chi connectivity index (χ4v) is 2.31. The molecule has 0 amide bonds. The minimum Gasteiger partial charge on any atom is -0.289 e. The lowest BCUT2D eigenvalue weighted by molar-refractivity contribution is 0.104. The number of thioether (sulfide) groups is 1. The molecule has 0 radical (unpaired) electrons. The summed E-state index contributed by atoms with van der Waals surface area (Å²) in [6.07, 6.45) is 1.54. The zero-order valence-corrected chi connectivity index (χ0v) is 11.6. The van der Waals surface area contributed by atoms with Crippen LogP contribution in [-0.4, -0.2) is 15.8 Å². The van der Waals surface area contributed by atoms with Crippen molar-refractivity contribution in [2.75, 3.05) is 0 Å². The molecular formula is C15H14N2OS. The van der Waals surface area contributed by atoms with Crippen LogP contribution in [0.4, 0.5) is 0 Å². The van der Waals surface area contributed by atoms with E-state index in [2.05, 4.69) is 9.97 Å². The lowest BCUT2D eigenvalue weighted by Gasteiger charge is -1.99. The Bertz CT molecular complexity index is 589. The molecule has 4 heteroatoms. The smallest absolute Gasteiger partial charge is 0.192 e. The second kappa shape index (κ2) is 6.29. The van der Waals surface area contributed by atoms with E-state index in [1.165, 1.54) is 11.8 Å². The van der Waals surface area contributed by atoms with Crippen molar-refractivity contribution in [3.05, 3.63) is 64.8 Å². The van der Waals surface area contributed by atoms with Crippen molar-refractivity contribution in [1.82, 2.24) is 9.97 Å². The normalized spacial score (nSPS) is 10.8. The van der Waals surface area contributed by atoms with Gasteiger partial charge in [0.15, 0.2) is 10.9 Å². The quantitative estimate of drug-likeness (QED) is 0.368. The molecule has 19 heavy (non-hydrogen) atoms. The Morgan fingerprint density at radius 1 is 1.11 bits per heavy atom. The van der Waals surface area contributed by atoms with E-state index in [0.29, 0.717) is 10.7 Å². The van der Waals surface area contributed by atoms with Crippen LogP contribution in [0.15, 0.2) is 53.0 Å². The van der Waals surface area contributed by atoms with Gasteiger partial charge in [-0.2, -0.15) is 0 Å². The van der Waals surface area contributed by atoms with Gasteiger partial charge in [0.25, 0.3) is 0 Å². The lowest BCUT2D eigenvalue weighted by Crippen LogP contribution is -1.93. The van der Waals surface area contributed by atoms with Crippen LogP contribution in [0, 0.1) is 13.8 Å². The van der Waals surface area contributed by atoms with Crippen LogP contribution in [-0.2, 0) is 0 Å². The van der Waals surface area contributed by atoms with Crippen molar-refractivity contribution in [3.8, 4) is 0 Å². The van der Waals surface area contributed by atoms with E-state index in [0.717, 1.165) is 11.4 Å². The molecule has 2 aromatic rings. The Hall–Kier alpha value is -1.94. The minimum atomic E-state index is -0.0162. The van der Waals surface area contributed by atoms with E-state index in [1.807, 2.05) is 38.1 Å². The maximum Gasteiger partial charge on any atom is 0.192 e. The van der Waals surface area contributed by atoms with Crippen molar-refractivity contribution in [2.45, 2.75) is 19.0 Å². The number of ketones is 1. The molecule has 0 spiro atoms. The summed E-state index contributed by atoms with van der Waals surface area (Å²) >= 11 is 1.35. The molecule has 1 aromatic carbocycles. The van der Waals surface area contributed by atoms with Crippen molar-refractivity contribution < 1.29 is 4.79 Å². The van der Waals surface area contributed by atoms with Crippen LogP contribution in [0.3, 0.4) is 0 Å². The maximum absolute atomic E-state index is 11.8. The number of benzene rings is 1. The molecule has 0 atom stereocenters. The van der Waals surface area contributed by atoms with Crippen LogP contribution in [0.1, 0.15) is 21.7 Å². The van der Waals surface area contributed by atoms with E-state index in [1.54, 1.807) is 23.6 Å². The van der Waals surface area contributed by atoms with Crippen molar-refractivity contribution in [1.29, 1.82) is 0 Å². The lowest BCUT2D eigenvalue weighted by atomic mass is 10.1. The summed E-state index contributed by atoms with van der Waals surface area (Å²) in [7, 11) is 0. The summed E-state index contributed by atoms with van der Waals surface area (Å²) in [5.74, 6) is -0.0162. The van der Waals surface area contributed by atoms with E-state index in [-0.39, 0.29) is 5.78 Å². The molecule has 0 aliphatic rings. The number of carbonyl (C=O) groups excluding carboxylic acids is 1. The molecule has 1 heterocycles. The van der Waals surface area contributed by atoms with Gasteiger partial charge in [-0.25, -0.2) is 9.97 Å². The third-order valence-corrected chi connectivity index (χ3v) is 3.08. The first kappa shape index (κ1) is 13.5. The van der Waals surface area contributed by atoms with Crippen LogP contribution in [0.5, 0.6) is 0 Å². The van der Waals surface area contributed by atoms with Crippen LogP contribution < -0.4 is 0 Å². The molecule has 0 aliphatic heterocycles. The van der Waals surface area contributed by atoms with Crippen LogP contribution >= 0.6 is 11.8 Å². The van der Waals surface area contributed by atoms with Gasteiger partial charge in [-0.05, 0) is 31.4 Å². The van der Waals surface area contributed by atoms with E-state index in [9.17, 15) is 4.79 Å². The largest absolute Gasteiger partial charge is 0.289 e. The number of hydrogen-bond acceptors (Lipinski definition) is 4. The predicted molar refractivity (Wildman–Crippen MR) is 77.3 cm³/mol. The summed E-state index contributed by atoms with van der Waals surface area (Å²) in [6.45, 7) is 3.86. The van der Waals surface area contributed by atoms with E-state index >= 15 is 0 Å². The highest BCUT2D eigenvalue weighted by Gasteiger charge is 2.01. The molecule has 96 valence electrons. The zero-order valence-electron chi connectivity index (χ0n) is 10.8. The standard InChI is InChI=1S/C15H14N2OS/c1-11-10-12(2)17-15(16-11)19-9-8-14(18)13-6-4-3-5-7-13/h3-10H,1-2H3. The Morgan fingerprint density at radius 2 is 1.74 bits per heavy atom. The number of aryl methyl sites for hydroxylation is 2. The van der Waals surface area contributed by atoms with Gasteiger partial charge in [0, 0.05) is 17.0 Å². The fraction of sp³-hybridized carbons (Fsp3) is 0.133. The van der Waals surface area contributed by atoms with Crippen LogP contribution in [0.25, 0.3) is 0 Å². The summed E-state index contributed by atoms with van der Waals surface area (Å²) in [5, 5.41) is 2.39. The minimum absolute atomic E-state index is 0.0162. The van der Waals surface area contributed by atoms with Gasteiger partial charge in [-0.3, -0.25) is 4.79 Å². The van der Waals surface area contributed by atoms with Gasteiger partial charge in [0.05, 0.1) is 0 Å². The van der Waals surface area contributed by atoms with Crippen molar-refractivity contribution in [3.63, 3.8) is 0 Å². The molecule has 0 unspecified atom stereocenters. The average molecular weight is 270 g/mol. The Kier molecular flexibility index (Phi) is 4.47. The summed E-state index contributed by atoms with van der Waals surface area (Å²) in [4.78, 5) is 20.4. The Morgan fingerprint density at radius 3 is 2.37 bits per heavy atom. The van der Waals surface area contributed by atoms with Gasteiger partial charge in [0.2, 0.25) is 0 Å². The van der Waals surface area contributed by atoms with Gasteiger partial charge in [-0.1, -0.05) is 42.1 Å². The molecule has 0 fully saturated rings. The highest BCUT2D eigenvalue weighted by molar-refractivity contribution is 8.02. The summed E-state index contributed by atoms with van der Waals surface area (Å²) in [5.41, 5.74) is 2.54. The third kappa shape index (κ3) is 4.03. The number of hydrogen-bond donors (Lipinski definition) is 0. The number of rotatable bonds is 4. The molecule has 2 rings (SSSR count). The topological polar surface area (TPSA) is 42.9 Å². The Labute approximate surface area is 116 Å². The van der Waals surface area contributed by atoms with Gasteiger partial charge in [-0.15, -0.1) is 0 Å². The molecule has 1 aromatic heterocycles. The number of allylic oxidation sites excluding steroid dienone is 1. The highest BCUT2D eigenvalue weighted by atomic mass is 32.2. The molecule has 0 N–H and O–H groups in total. The summed E-state index contributed by atoms with van der Waals surface area (Å²) < 4.78 is 0. The van der Waals surface area contributed by atoms with Crippen LogP contribution in [0.2, 0.25) is 0 Å². The fourth-order valence-electron chi connectivity index (χ4n) is 1.60. The first-order chi connectivity index (χ1) is 9.15. The van der Waals surface area contributed by atoms with E-state index in [4.69, 9.17) is 0 Å². The number of nitrogens with zero attached hydrogens (tertiary/aromatic N) is 2. The average Bonchev–Trinajstić information content (AvgIpc) is 2.38. The summed E-state index contributed by atoms with van der Waals surface area (Å²) in [6, 6.07) is 11.1. The highest BCUT2D eigenvalue weighted by Crippen LogP contribution is 2.15. The first-order valence-electron chi connectivity index (χ1n) is 5.90. The second-order valence-electron chi connectivity index (χ2n) is 4.08. The monoisotopic (exact) mass is 270 g/mol. The third-order valence-electron chi connectivity index (χ3n) is 2.41. The van der Waals surface area contributed by atoms with Gasteiger partial charge < -0.3 is 0 Å².